The van der Waals surface area contributed by atoms with Crippen LogP contribution in [0.5, 0.6) is 0 Å². The van der Waals surface area contributed by atoms with E-state index in [4.69, 9.17) is 0 Å². The topological polar surface area (TPSA) is 28.2 Å². The van der Waals surface area contributed by atoms with Crippen molar-refractivity contribution >= 4 is 5.82 Å². The van der Waals surface area contributed by atoms with Crippen molar-refractivity contribution in [2.75, 3.05) is 25.5 Å². The van der Waals surface area contributed by atoms with Crippen LogP contribution in [0.2, 0.25) is 0 Å². The SMILES string of the molecule is CN1CCC(Nc2cccc(C(F)(F)F)n2)CC1. The Morgan fingerprint density at radius 3 is 2.56 bits per heavy atom. The molecule has 1 aliphatic heterocycles. The summed E-state index contributed by atoms with van der Waals surface area (Å²) in [6, 6.07) is 4.15. The molecule has 6 heteroatoms. The summed E-state index contributed by atoms with van der Waals surface area (Å²) in [4.78, 5) is 5.81. The van der Waals surface area contributed by atoms with E-state index in [1.54, 1.807) is 6.07 Å². The maximum Gasteiger partial charge on any atom is 0.433 e. The molecule has 1 aliphatic rings. The molecular weight excluding hydrogens is 243 g/mol. The Labute approximate surface area is 104 Å². The van der Waals surface area contributed by atoms with E-state index in [2.05, 4.69) is 15.2 Å². The maximum atomic E-state index is 12.5. The number of nitrogens with zero attached hydrogens (tertiary/aromatic N) is 2. The normalized spacial score (nSPS) is 18.9. The first-order chi connectivity index (χ1) is 8.45. The molecule has 0 bridgehead atoms. The molecule has 0 atom stereocenters. The van der Waals surface area contributed by atoms with E-state index in [9.17, 15) is 13.2 Å². The molecule has 2 rings (SSSR count). The molecule has 2 heterocycles. The van der Waals surface area contributed by atoms with Gasteiger partial charge in [0.25, 0.3) is 0 Å². The summed E-state index contributed by atoms with van der Waals surface area (Å²) in [6.45, 7) is 1.91. The Morgan fingerprint density at radius 2 is 1.94 bits per heavy atom. The van der Waals surface area contributed by atoms with Crippen molar-refractivity contribution < 1.29 is 13.2 Å². The lowest BCUT2D eigenvalue weighted by Crippen LogP contribution is -2.36. The van der Waals surface area contributed by atoms with Crippen molar-refractivity contribution in [2.45, 2.75) is 25.1 Å². The van der Waals surface area contributed by atoms with Gasteiger partial charge >= 0.3 is 6.18 Å². The van der Waals surface area contributed by atoms with Gasteiger partial charge in [0, 0.05) is 6.04 Å². The predicted molar refractivity (Wildman–Crippen MR) is 63.4 cm³/mol. The van der Waals surface area contributed by atoms with E-state index >= 15 is 0 Å². The smallest absolute Gasteiger partial charge is 0.367 e. The Hall–Kier alpha value is -1.30. The number of hydrogen-bond donors (Lipinski definition) is 1. The predicted octanol–water partition coefficient (Wildman–Crippen LogP) is 2.61. The minimum atomic E-state index is -4.38. The number of rotatable bonds is 2. The average molecular weight is 259 g/mol. The summed E-state index contributed by atoms with van der Waals surface area (Å²) in [7, 11) is 2.04. The second-order valence-electron chi connectivity index (χ2n) is 4.63. The van der Waals surface area contributed by atoms with Crippen LogP contribution in [0.25, 0.3) is 0 Å². The van der Waals surface area contributed by atoms with E-state index in [1.807, 2.05) is 7.05 Å². The molecule has 1 N–H and O–H groups in total. The zero-order valence-corrected chi connectivity index (χ0v) is 10.2. The van der Waals surface area contributed by atoms with E-state index in [-0.39, 0.29) is 6.04 Å². The highest BCUT2D eigenvalue weighted by Crippen LogP contribution is 2.28. The van der Waals surface area contributed by atoms with Gasteiger partial charge in [0.2, 0.25) is 0 Å². The molecule has 0 spiro atoms. The number of hydrogen-bond acceptors (Lipinski definition) is 3. The number of piperidine rings is 1. The Kier molecular flexibility index (Phi) is 3.75. The molecule has 1 aromatic heterocycles. The minimum Gasteiger partial charge on any atom is -0.367 e. The van der Waals surface area contributed by atoms with Crippen molar-refractivity contribution in [1.82, 2.24) is 9.88 Å². The monoisotopic (exact) mass is 259 g/mol. The summed E-state index contributed by atoms with van der Waals surface area (Å²) >= 11 is 0. The number of nitrogens with one attached hydrogen (secondary N) is 1. The highest BCUT2D eigenvalue weighted by Gasteiger charge is 2.32. The first-order valence-corrected chi connectivity index (χ1v) is 5.94. The molecule has 100 valence electrons. The van der Waals surface area contributed by atoms with E-state index in [0.29, 0.717) is 5.82 Å². The lowest BCUT2D eigenvalue weighted by Gasteiger charge is -2.29. The molecule has 0 aliphatic carbocycles. The van der Waals surface area contributed by atoms with Crippen molar-refractivity contribution in [3.8, 4) is 0 Å². The Morgan fingerprint density at radius 1 is 1.28 bits per heavy atom. The number of halogens is 3. The van der Waals surface area contributed by atoms with Crippen LogP contribution in [-0.2, 0) is 6.18 Å². The summed E-state index contributed by atoms with van der Waals surface area (Å²) in [6.07, 6.45) is -2.53. The van der Waals surface area contributed by atoms with E-state index < -0.39 is 11.9 Å². The highest BCUT2D eigenvalue weighted by atomic mass is 19.4. The molecule has 0 radical (unpaired) electrons. The van der Waals surface area contributed by atoms with Crippen LogP contribution in [0.4, 0.5) is 19.0 Å². The van der Waals surface area contributed by atoms with E-state index in [0.717, 1.165) is 32.0 Å². The standard InChI is InChI=1S/C12H16F3N3/c1-18-7-5-9(6-8-18)16-11-4-2-3-10(17-11)12(13,14)15/h2-4,9H,5-8H2,1H3,(H,16,17). The second-order valence-corrected chi connectivity index (χ2v) is 4.63. The molecule has 0 amide bonds. The summed E-state index contributed by atoms with van der Waals surface area (Å²) in [5.41, 5.74) is -0.847. The maximum absolute atomic E-state index is 12.5. The molecule has 1 saturated heterocycles. The number of alkyl halides is 3. The lowest BCUT2D eigenvalue weighted by atomic mass is 10.1. The molecule has 0 saturated carbocycles. The van der Waals surface area contributed by atoms with Gasteiger partial charge in [-0.1, -0.05) is 6.07 Å². The van der Waals surface area contributed by atoms with Gasteiger partial charge in [-0.2, -0.15) is 13.2 Å². The molecule has 18 heavy (non-hydrogen) atoms. The molecule has 1 aromatic rings. The van der Waals surface area contributed by atoms with Gasteiger partial charge < -0.3 is 10.2 Å². The quantitative estimate of drug-likeness (QED) is 0.885. The Balaban J connectivity index is 2.01. The van der Waals surface area contributed by atoms with Crippen LogP contribution in [0.15, 0.2) is 18.2 Å². The van der Waals surface area contributed by atoms with Crippen molar-refractivity contribution in [1.29, 1.82) is 0 Å². The van der Waals surface area contributed by atoms with Crippen LogP contribution in [0, 0.1) is 0 Å². The molecule has 0 unspecified atom stereocenters. The number of pyridine rings is 1. The van der Waals surface area contributed by atoms with Crippen molar-refractivity contribution in [3.63, 3.8) is 0 Å². The lowest BCUT2D eigenvalue weighted by molar-refractivity contribution is -0.141. The number of anilines is 1. The summed E-state index contributed by atoms with van der Waals surface area (Å²) < 4.78 is 37.5. The molecular formula is C12H16F3N3. The van der Waals surface area contributed by atoms with Crippen LogP contribution in [0.1, 0.15) is 18.5 Å². The number of likely N-dealkylation sites (tertiary alicyclic amines) is 1. The fourth-order valence-corrected chi connectivity index (χ4v) is 2.04. The molecule has 0 aromatic carbocycles. The number of aromatic nitrogens is 1. The van der Waals surface area contributed by atoms with Crippen LogP contribution < -0.4 is 5.32 Å². The molecule has 1 fully saturated rings. The average Bonchev–Trinajstić information content (AvgIpc) is 2.31. The fourth-order valence-electron chi connectivity index (χ4n) is 2.04. The molecule has 3 nitrogen and oxygen atoms in total. The van der Waals surface area contributed by atoms with Crippen molar-refractivity contribution in [2.24, 2.45) is 0 Å². The van der Waals surface area contributed by atoms with Crippen molar-refractivity contribution in [3.05, 3.63) is 23.9 Å². The van der Waals surface area contributed by atoms with Crippen LogP contribution in [-0.4, -0.2) is 36.1 Å². The van der Waals surface area contributed by atoms with Gasteiger partial charge in [0.05, 0.1) is 0 Å². The van der Waals surface area contributed by atoms with Gasteiger partial charge in [-0.25, -0.2) is 4.98 Å². The Bertz CT molecular complexity index is 398. The van der Waals surface area contributed by atoms with Gasteiger partial charge in [-0.15, -0.1) is 0 Å². The first kappa shape index (κ1) is 13.1. The van der Waals surface area contributed by atoms with Gasteiger partial charge in [0.15, 0.2) is 0 Å². The van der Waals surface area contributed by atoms with Crippen LogP contribution in [0.3, 0.4) is 0 Å². The van der Waals surface area contributed by atoms with Gasteiger partial charge in [-0.05, 0) is 45.1 Å². The first-order valence-electron chi connectivity index (χ1n) is 5.94. The van der Waals surface area contributed by atoms with Gasteiger partial charge in [0.1, 0.15) is 11.5 Å². The largest absolute Gasteiger partial charge is 0.433 e. The summed E-state index contributed by atoms with van der Waals surface area (Å²) in [5, 5.41) is 3.08. The fraction of sp³-hybridized carbons (Fsp3) is 0.583. The van der Waals surface area contributed by atoms with Crippen LogP contribution >= 0.6 is 0 Å². The third-order valence-corrected chi connectivity index (χ3v) is 3.11. The zero-order valence-electron chi connectivity index (χ0n) is 10.2. The highest BCUT2D eigenvalue weighted by molar-refractivity contribution is 5.37. The summed E-state index contributed by atoms with van der Waals surface area (Å²) in [5.74, 6) is 0.305. The van der Waals surface area contributed by atoms with Gasteiger partial charge in [-0.3, -0.25) is 0 Å². The minimum absolute atomic E-state index is 0.206. The third kappa shape index (κ3) is 3.35. The zero-order chi connectivity index (χ0) is 13.2. The second kappa shape index (κ2) is 5.14. The van der Waals surface area contributed by atoms with E-state index in [1.165, 1.54) is 6.07 Å². The third-order valence-electron chi connectivity index (χ3n) is 3.11.